The molecule has 11 heteroatoms. The van der Waals surface area contributed by atoms with Crippen molar-refractivity contribution in [2.45, 2.75) is 19.8 Å². The number of nitrogens with one attached hydrogen (secondary N) is 2. The molecule has 0 radical (unpaired) electrons. The van der Waals surface area contributed by atoms with Crippen LogP contribution < -0.4 is 15.5 Å². The van der Waals surface area contributed by atoms with Crippen molar-refractivity contribution in [3.63, 3.8) is 0 Å². The Hall–Kier alpha value is -4.12. The largest absolute Gasteiger partial charge is 0.353 e. The van der Waals surface area contributed by atoms with Crippen LogP contribution in [0.15, 0.2) is 42.9 Å². The van der Waals surface area contributed by atoms with Gasteiger partial charge in [-0.1, -0.05) is 11.3 Å². The number of carbonyl (C=O) groups is 2. The van der Waals surface area contributed by atoms with E-state index in [2.05, 4.69) is 25.6 Å². The highest BCUT2D eigenvalue weighted by atomic mass is 32.1. The van der Waals surface area contributed by atoms with Gasteiger partial charge in [0.05, 0.1) is 40.4 Å². The van der Waals surface area contributed by atoms with Gasteiger partial charge in [-0.2, -0.15) is 5.10 Å². The Labute approximate surface area is 205 Å². The average Bonchev–Trinajstić information content (AvgIpc) is 3.45. The molecule has 1 saturated heterocycles. The van der Waals surface area contributed by atoms with E-state index in [0.717, 1.165) is 64.0 Å². The van der Waals surface area contributed by atoms with Crippen LogP contribution in [0.4, 0.5) is 10.9 Å². The lowest BCUT2D eigenvalue weighted by Crippen LogP contribution is -2.48. The van der Waals surface area contributed by atoms with Gasteiger partial charge in [0.25, 0.3) is 0 Å². The second-order valence-electron chi connectivity index (χ2n) is 8.45. The zero-order chi connectivity index (χ0) is 23.9. The number of nitrogens with zero attached hydrogens (tertiary/aromatic N) is 6. The second-order valence-corrected chi connectivity index (χ2v) is 9.45. The van der Waals surface area contributed by atoms with Crippen molar-refractivity contribution in [1.29, 1.82) is 0 Å². The maximum atomic E-state index is 11.8. The number of aromatic nitrogens is 5. The van der Waals surface area contributed by atoms with Crippen LogP contribution in [-0.4, -0.2) is 56.2 Å². The van der Waals surface area contributed by atoms with Crippen LogP contribution in [-0.2, 0) is 22.4 Å². The van der Waals surface area contributed by atoms with Crippen LogP contribution in [0.25, 0.3) is 27.5 Å². The summed E-state index contributed by atoms with van der Waals surface area (Å²) in [5, 5.41) is 11.2. The highest BCUT2D eigenvalue weighted by Gasteiger charge is 2.30. The third kappa shape index (κ3) is 3.93. The van der Waals surface area contributed by atoms with Gasteiger partial charge in [-0.15, -0.1) is 0 Å². The highest BCUT2D eigenvalue weighted by molar-refractivity contribution is 7.19. The normalized spacial score (nSPS) is 14.8. The van der Waals surface area contributed by atoms with Crippen molar-refractivity contribution in [2.75, 3.05) is 29.9 Å². The first-order valence-electron chi connectivity index (χ1n) is 11.3. The van der Waals surface area contributed by atoms with Crippen molar-refractivity contribution < 1.29 is 9.59 Å². The first kappa shape index (κ1) is 21.4. The van der Waals surface area contributed by atoms with Crippen LogP contribution in [0, 0.1) is 0 Å². The minimum atomic E-state index is -0.146. The van der Waals surface area contributed by atoms with Gasteiger partial charge < -0.3 is 15.5 Å². The van der Waals surface area contributed by atoms with E-state index in [1.165, 1.54) is 18.3 Å². The molecule has 6 rings (SSSR count). The highest BCUT2D eigenvalue weighted by Crippen LogP contribution is 2.44. The molecule has 2 amide bonds. The number of fused-ring (bicyclic) bond motifs is 3. The molecule has 0 unspecified atom stereocenters. The van der Waals surface area contributed by atoms with Crippen molar-refractivity contribution >= 4 is 34.1 Å². The summed E-state index contributed by atoms with van der Waals surface area (Å²) in [6.07, 6.45) is 6.90. The predicted octanol–water partition coefficient (Wildman–Crippen LogP) is 2.45. The van der Waals surface area contributed by atoms with Gasteiger partial charge in [0.1, 0.15) is 5.82 Å². The molecule has 0 aromatic carbocycles. The number of hydrogen-bond acceptors (Lipinski definition) is 8. The summed E-state index contributed by atoms with van der Waals surface area (Å²) in [6, 6.07) is 7.80. The van der Waals surface area contributed by atoms with Crippen LogP contribution in [0.2, 0.25) is 0 Å². The Morgan fingerprint density at radius 3 is 2.86 bits per heavy atom. The molecule has 0 atom stereocenters. The lowest BCUT2D eigenvalue weighted by molar-refractivity contribution is -0.120. The number of amides is 2. The number of aryl methyl sites for hydroxylation is 1. The summed E-state index contributed by atoms with van der Waals surface area (Å²) in [7, 11) is 0. The van der Waals surface area contributed by atoms with E-state index in [1.54, 1.807) is 12.4 Å². The predicted molar refractivity (Wildman–Crippen MR) is 133 cm³/mol. The number of pyridine rings is 2. The number of hydrogen-bond donors (Lipinski definition) is 2. The Morgan fingerprint density at radius 1 is 1.20 bits per heavy atom. The number of thiazole rings is 1. The lowest BCUT2D eigenvalue weighted by Gasteiger charge is -2.27. The SMILES string of the molecule is CC(=O)Nc1nc2c(s1)-c1c(c(-c3cccnc3)nn1-c1ccc(N3CCNC(=O)C3)nc1)CC2. The average molecular weight is 487 g/mol. The first-order valence-corrected chi connectivity index (χ1v) is 12.2. The van der Waals surface area contributed by atoms with Gasteiger partial charge in [-0.25, -0.2) is 14.6 Å². The molecule has 0 saturated carbocycles. The monoisotopic (exact) mass is 486 g/mol. The zero-order valence-electron chi connectivity index (χ0n) is 19.0. The summed E-state index contributed by atoms with van der Waals surface area (Å²) in [4.78, 5) is 40.0. The molecule has 5 heterocycles. The lowest BCUT2D eigenvalue weighted by atomic mass is 9.95. The molecule has 4 aromatic heterocycles. The molecule has 0 bridgehead atoms. The Bertz CT molecular complexity index is 1430. The number of rotatable bonds is 4. The van der Waals surface area contributed by atoms with Gasteiger partial charge in [-0.05, 0) is 37.1 Å². The zero-order valence-corrected chi connectivity index (χ0v) is 19.8. The molecule has 1 aliphatic heterocycles. The molecule has 0 spiro atoms. The molecular weight excluding hydrogens is 464 g/mol. The van der Waals surface area contributed by atoms with E-state index in [4.69, 9.17) is 5.10 Å². The standard InChI is InChI=1S/C24H22N8O2S/c1-14(33)28-24-29-18-6-5-17-21(15-3-2-8-25-11-15)30-32(22(17)23(18)35-24)16-4-7-19(27-12-16)31-10-9-26-20(34)13-31/h2-4,7-8,11-12H,5-6,9-10,13H2,1H3,(H,26,34)(H,28,29,33). The molecule has 35 heavy (non-hydrogen) atoms. The van der Waals surface area contributed by atoms with Crippen molar-refractivity contribution in [3.05, 3.63) is 54.1 Å². The van der Waals surface area contributed by atoms with E-state index in [0.29, 0.717) is 18.2 Å². The Balaban J connectivity index is 1.46. The van der Waals surface area contributed by atoms with Crippen LogP contribution in [0.1, 0.15) is 18.2 Å². The molecule has 2 N–H and O–H groups in total. The second kappa shape index (κ2) is 8.58. The topological polar surface area (TPSA) is 118 Å². The van der Waals surface area contributed by atoms with E-state index in [1.807, 2.05) is 40.0 Å². The summed E-state index contributed by atoms with van der Waals surface area (Å²) in [6.45, 7) is 3.10. The molecule has 1 fully saturated rings. The Kier molecular flexibility index (Phi) is 5.25. The maximum absolute atomic E-state index is 11.8. The minimum Gasteiger partial charge on any atom is -0.353 e. The van der Waals surface area contributed by atoms with E-state index in [-0.39, 0.29) is 11.8 Å². The summed E-state index contributed by atoms with van der Waals surface area (Å²) in [5.74, 6) is 0.604. The van der Waals surface area contributed by atoms with Gasteiger partial charge in [-0.3, -0.25) is 14.6 Å². The molecule has 1 aliphatic carbocycles. The first-order chi connectivity index (χ1) is 17.1. The van der Waals surface area contributed by atoms with E-state index >= 15 is 0 Å². The fourth-order valence-corrected chi connectivity index (χ4v) is 5.64. The third-order valence-corrected chi connectivity index (χ3v) is 7.08. The van der Waals surface area contributed by atoms with Crippen molar-refractivity contribution in [2.24, 2.45) is 0 Å². The van der Waals surface area contributed by atoms with Crippen LogP contribution >= 0.6 is 11.3 Å². The number of anilines is 2. The molecular formula is C24H22N8O2S. The van der Waals surface area contributed by atoms with Gasteiger partial charge in [0, 0.05) is 43.5 Å². The summed E-state index contributed by atoms with van der Waals surface area (Å²) >= 11 is 1.46. The van der Waals surface area contributed by atoms with Crippen LogP contribution in [0.5, 0.6) is 0 Å². The molecule has 2 aliphatic rings. The number of piperazine rings is 1. The quantitative estimate of drug-likeness (QED) is 0.455. The van der Waals surface area contributed by atoms with Gasteiger partial charge in [0.2, 0.25) is 11.8 Å². The molecule has 176 valence electrons. The van der Waals surface area contributed by atoms with Crippen LogP contribution in [0.3, 0.4) is 0 Å². The minimum absolute atomic E-state index is 0.00270. The summed E-state index contributed by atoms with van der Waals surface area (Å²) < 4.78 is 1.91. The third-order valence-electron chi connectivity index (χ3n) is 6.06. The van der Waals surface area contributed by atoms with Crippen molar-refractivity contribution in [1.82, 2.24) is 30.0 Å². The van der Waals surface area contributed by atoms with E-state index in [9.17, 15) is 9.59 Å². The van der Waals surface area contributed by atoms with Crippen molar-refractivity contribution in [3.8, 4) is 27.5 Å². The van der Waals surface area contributed by atoms with Gasteiger partial charge >= 0.3 is 0 Å². The summed E-state index contributed by atoms with van der Waals surface area (Å²) in [5.41, 5.74) is 5.68. The fraction of sp³-hybridized carbons (Fsp3) is 0.250. The van der Waals surface area contributed by atoms with Gasteiger partial charge in [0.15, 0.2) is 5.13 Å². The molecule has 10 nitrogen and oxygen atoms in total. The smallest absolute Gasteiger partial charge is 0.239 e. The molecule has 4 aromatic rings. The fourth-order valence-electron chi connectivity index (χ4n) is 4.52. The maximum Gasteiger partial charge on any atom is 0.239 e. The van der Waals surface area contributed by atoms with E-state index < -0.39 is 0 Å². The number of carbonyl (C=O) groups excluding carboxylic acids is 2. The Morgan fingerprint density at radius 2 is 2.11 bits per heavy atom.